The van der Waals surface area contributed by atoms with Crippen LogP contribution in [0.2, 0.25) is 0 Å². The topological polar surface area (TPSA) is 73.3 Å². The van der Waals surface area contributed by atoms with Gasteiger partial charge in [-0.15, -0.1) is 5.10 Å². The maximum absolute atomic E-state index is 13.2. The molecule has 3 heterocycles. The molecule has 1 aliphatic carbocycles. The lowest BCUT2D eigenvalue weighted by Gasteiger charge is -2.23. The Kier molecular flexibility index (Phi) is 3.21. The maximum atomic E-state index is 13.2. The second kappa shape index (κ2) is 5.59. The van der Waals surface area contributed by atoms with Gasteiger partial charge in [0.1, 0.15) is 5.82 Å². The molecule has 5 rings (SSSR count). The van der Waals surface area contributed by atoms with E-state index in [9.17, 15) is 9.18 Å². The predicted octanol–water partition coefficient (Wildman–Crippen LogP) is 3.44. The molecule has 3 aromatic heterocycles. The number of furan rings is 1. The van der Waals surface area contributed by atoms with Crippen molar-refractivity contribution >= 4 is 11.6 Å². The van der Waals surface area contributed by atoms with Gasteiger partial charge in [-0.3, -0.25) is 4.79 Å². The molecule has 0 fully saturated rings. The molecule has 1 unspecified atom stereocenters. The lowest BCUT2D eigenvalue weighted by Crippen LogP contribution is -2.22. The first kappa shape index (κ1) is 14.9. The van der Waals surface area contributed by atoms with E-state index in [0.717, 1.165) is 11.3 Å². The van der Waals surface area contributed by atoms with Crippen LogP contribution in [0.4, 0.5) is 4.39 Å². The Labute approximate surface area is 147 Å². The van der Waals surface area contributed by atoms with Crippen molar-refractivity contribution in [1.29, 1.82) is 0 Å². The summed E-state index contributed by atoms with van der Waals surface area (Å²) < 4.78 is 20.2. The van der Waals surface area contributed by atoms with E-state index >= 15 is 0 Å². The Balaban J connectivity index is 1.62. The minimum Gasteiger partial charge on any atom is -0.461 e. The predicted molar refractivity (Wildman–Crippen MR) is 90.3 cm³/mol. The summed E-state index contributed by atoms with van der Waals surface area (Å²) in [5.41, 5.74) is 2.26. The van der Waals surface area contributed by atoms with Gasteiger partial charge < -0.3 is 4.42 Å². The van der Waals surface area contributed by atoms with Crippen molar-refractivity contribution < 1.29 is 13.6 Å². The highest BCUT2D eigenvalue weighted by Crippen LogP contribution is 2.33. The number of aromatic nitrogens is 4. The number of fused-ring (bicyclic) bond motifs is 3. The molecule has 0 radical (unpaired) electrons. The number of hydrogen-bond acceptors (Lipinski definition) is 5. The van der Waals surface area contributed by atoms with Gasteiger partial charge in [-0.05, 0) is 42.2 Å². The van der Waals surface area contributed by atoms with E-state index in [4.69, 9.17) is 4.42 Å². The van der Waals surface area contributed by atoms with Crippen molar-refractivity contribution in [3.05, 3.63) is 71.5 Å². The maximum Gasteiger partial charge on any atom is 0.253 e. The van der Waals surface area contributed by atoms with Crippen LogP contribution in [0, 0.1) is 5.82 Å². The fourth-order valence-corrected chi connectivity index (χ4v) is 3.43. The Morgan fingerprint density at radius 2 is 2.00 bits per heavy atom. The number of ketones is 1. The first-order valence-electron chi connectivity index (χ1n) is 8.26. The molecular formula is C19H13FN4O2. The van der Waals surface area contributed by atoms with Crippen molar-refractivity contribution in [3.63, 3.8) is 0 Å². The molecular weight excluding hydrogens is 335 g/mol. The van der Waals surface area contributed by atoms with Crippen LogP contribution in [0.5, 0.6) is 0 Å². The summed E-state index contributed by atoms with van der Waals surface area (Å²) in [7, 11) is 0. The molecule has 0 saturated heterocycles. The van der Waals surface area contributed by atoms with Crippen molar-refractivity contribution in [1.82, 2.24) is 19.6 Å². The Morgan fingerprint density at radius 1 is 1.15 bits per heavy atom. The van der Waals surface area contributed by atoms with Gasteiger partial charge in [0.2, 0.25) is 5.82 Å². The third kappa shape index (κ3) is 2.32. The third-order valence-corrected chi connectivity index (χ3v) is 4.72. The van der Waals surface area contributed by atoms with E-state index in [1.807, 2.05) is 0 Å². The summed E-state index contributed by atoms with van der Waals surface area (Å²) in [5.74, 6) is 1.07. The largest absolute Gasteiger partial charge is 0.461 e. The van der Waals surface area contributed by atoms with Crippen molar-refractivity contribution in [3.8, 4) is 11.6 Å². The lowest BCUT2D eigenvalue weighted by atomic mass is 9.82. The van der Waals surface area contributed by atoms with Crippen LogP contribution in [-0.4, -0.2) is 25.4 Å². The van der Waals surface area contributed by atoms with E-state index in [0.29, 0.717) is 35.8 Å². The SMILES string of the molecule is O=C1CC(c2ccc(F)cc2)Cc2c1cnc1nc(-c3ccco3)nn21. The number of carbonyl (C=O) groups excluding carboxylic acids is 1. The van der Waals surface area contributed by atoms with Crippen molar-refractivity contribution in [2.75, 3.05) is 0 Å². The number of Topliss-reactive ketones (excluding diaryl/α,β-unsaturated/α-hetero) is 1. The highest BCUT2D eigenvalue weighted by atomic mass is 19.1. The number of rotatable bonds is 2. The van der Waals surface area contributed by atoms with Crippen molar-refractivity contribution in [2.45, 2.75) is 18.8 Å². The molecule has 4 aromatic rings. The van der Waals surface area contributed by atoms with Crippen LogP contribution in [0.3, 0.4) is 0 Å². The van der Waals surface area contributed by atoms with E-state index < -0.39 is 0 Å². The highest BCUT2D eigenvalue weighted by Gasteiger charge is 2.29. The quantitative estimate of drug-likeness (QED) is 0.555. The number of carbonyl (C=O) groups is 1. The fourth-order valence-electron chi connectivity index (χ4n) is 3.43. The molecule has 1 atom stereocenters. The molecule has 0 N–H and O–H groups in total. The molecule has 0 amide bonds. The third-order valence-electron chi connectivity index (χ3n) is 4.72. The molecule has 128 valence electrons. The van der Waals surface area contributed by atoms with Gasteiger partial charge in [-0.2, -0.15) is 9.50 Å². The number of hydrogen-bond donors (Lipinski definition) is 0. The average molecular weight is 348 g/mol. The molecule has 1 aromatic carbocycles. The first-order chi connectivity index (χ1) is 12.7. The van der Waals surface area contributed by atoms with Gasteiger partial charge in [0.05, 0.1) is 17.5 Å². The molecule has 7 heteroatoms. The Hall–Kier alpha value is -3.35. The minimum atomic E-state index is -0.290. The fraction of sp³-hybridized carbons (Fsp3) is 0.158. The van der Waals surface area contributed by atoms with E-state index in [1.54, 1.807) is 41.2 Å². The van der Waals surface area contributed by atoms with Crippen LogP contribution in [-0.2, 0) is 6.42 Å². The summed E-state index contributed by atoms with van der Waals surface area (Å²) >= 11 is 0. The van der Waals surface area contributed by atoms with Crippen LogP contribution in [0.1, 0.15) is 34.0 Å². The van der Waals surface area contributed by atoms with E-state index in [-0.39, 0.29) is 17.5 Å². The molecule has 0 bridgehead atoms. The number of nitrogens with zero attached hydrogens (tertiary/aromatic N) is 4. The van der Waals surface area contributed by atoms with Crippen LogP contribution < -0.4 is 0 Å². The molecule has 1 aliphatic rings. The summed E-state index contributed by atoms with van der Waals surface area (Å²) in [6.45, 7) is 0. The van der Waals surface area contributed by atoms with Crippen LogP contribution in [0.15, 0.2) is 53.3 Å². The summed E-state index contributed by atoms with van der Waals surface area (Å²) in [6, 6.07) is 9.83. The summed E-state index contributed by atoms with van der Waals surface area (Å²) in [6.07, 6.45) is 4.09. The van der Waals surface area contributed by atoms with Gasteiger partial charge in [-0.25, -0.2) is 9.37 Å². The Bertz CT molecular complexity index is 1120. The van der Waals surface area contributed by atoms with Crippen molar-refractivity contribution in [2.24, 2.45) is 0 Å². The van der Waals surface area contributed by atoms with Gasteiger partial charge in [0, 0.05) is 12.6 Å². The zero-order chi connectivity index (χ0) is 17.7. The van der Waals surface area contributed by atoms with Crippen LogP contribution in [0.25, 0.3) is 17.4 Å². The molecule has 0 spiro atoms. The van der Waals surface area contributed by atoms with Crippen LogP contribution >= 0.6 is 0 Å². The Morgan fingerprint density at radius 3 is 2.77 bits per heavy atom. The van der Waals surface area contributed by atoms with Gasteiger partial charge in [0.25, 0.3) is 5.78 Å². The number of halogens is 1. The van der Waals surface area contributed by atoms with Gasteiger partial charge in [-0.1, -0.05) is 12.1 Å². The molecule has 26 heavy (non-hydrogen) atoms. The summed E-state index contributed by atoms with van der Waals surface area (Å²) in [5, 5.41) is 4.48. The second-order valence-corrected chi connectivity index (χ2v) is 6.32. The minimum absolute atomic E-state index is 0.00465. The summed E-state index contributed by atoms with van der Waals surface area (Å²) in [4.78, 5) is 21.3. The number of benzene rings is 1. The first-order valence-corrected chi connectivity index (χ1v) is 8.26. The zero-order valence-electron chi connectivity index (χ0n) is 13.6. The highest BCUT2D eigenvalue weighted by molar-refractivity contribution is 5.98. The van der Waals surface area contributed by atoms with Gasteiger partial charge in [0.15, 0.2) is 11.5 Å². The standard InChI is InChI=1S/C19H13FN4O2/c20-13-5-3-11(4-6-13)12-8-15-14(16(25)9-12)10-21-19-22-18(23-24(15)19)17-2-1-7-26-17/h1-7,10,12H,8-9H2. The monoisotopic (exact) mass is 348 g/mol. The molecule has 0 aliphatic heterocycles. The smallest absolute Gasteiger partial charge is 0.253 e. The molecule has 6 nitrogen and oxygen atoms in total. The second-order valence-electron chi connectivity index (χ2n) is 6.32. The van der Waals surface area contributed by atoms with E-state index in [2.05, 4.69) is 15.1 Å². The normalized spacial score (nSPS) is 16.8. The van der Waals surface area contributed by atoms with Gasteiger partial charge >= 0.3 is 0 Å². The van der Waals surface area contributed by atoms with E-state index in [1.165, 1.54) is 12.1 Å². The lowest BCUT2D eigenvalue weighted by molar-refractivity contribution is 0.0962. The zero-order valence-corrected chi connectivity index (χ0v) is 13.6. The average Bonchev–Trinajstić information content (AvgIpc) is 3.31. The molecule has 0 saturated carbocycles.